The summed E-state index contributed by atoms with van der Waals surface area (Å²) in [7, 11) is 3.24. The van der Waals surface area contributed by atoms with Crippen molar-refractivity contribution in [3.8, 4) is 11.5 Å². The van der Waals surface area contributed by atoms with Crippen LogP contribution >= 0.6 is 11.3 Å². The molecule has 1 saturated carbocycles. The van der Waals surface area contributed by atoms with E-state index in [0.29, 0.717) is 31.0 Å². The van der Waals surface area contributed by atoms with E-state index in [1.165, 1.54) is 11.3 Å². The second-order valence-electron chi connectivity index (χ2n) is 8.71. The molecule has 1 aliphatic carbocycles. The molecule has 0 saturated heterocycles. The number of aryl methyl sites for hydroxylation is 1. The minimum absolute atomic E-state index is 0.00213. The van der Waals surface area contributed by atoms with Crippen LogP contribution in [-0.4, -0.2) is 55.0 Å². The maximum absolute atomic E-state index is 13.4. The monoisotopic (exact) mass is 472 g/mol. The number of amides is 2. The van der Waals surface area contributed by atoms with E-state index in [0.717, 1.165) is 36.1 Å². The lowest BCUT2D eigenvalue weighted by Crippen LogP contribution is -2.47. The number of rotatable bonds is 10. The van der Waals surface area contributed by atoms with Crippen LogP contribution in [0.5, 0.6) is 11.5 Å². The molecule has 180 valence electrons. The molecule has 7 heteroatoms. The zero-order valence-corrected chi connectivity index (χ0v) is 21.1. The quantitative estimate of drug-likeness (QED) is 0.497. The third kappa shape index (κ3) is 6.97. The van der Waals surface area contributed by atoms with Gasteiger partial charge >= 0.3 is 0 Å². The molecule has 2 aromatic rings. The molecule has 0 radical (unpaired) electrons. The molecule has 0 spiro atoms. The molecular formula is C26H36N2O4S. The van der Waals surface area contributed by atoms with E-state index in [-0.39, 0.29) is 24.4 Å². The first-order valence-electron chi connectivity index (χ1n) is 11.7. The Labute approximate surface area is 201 Å². The highest BCUT2D eigenvalue weighted by molar-refractivity contribution is 7.11. The first kappa shape index (κ1) is 25.1. The van der Waals surface area contributed by atoms with Gasteiger partial charge in [-0.05, 0) is 56.0 Å². The summed E-state index contributed by atoms with van der Waals surface area (Å²) in [5.41, 5.74) is 1.07. The summed E-state index contributed by atoms with van der Waals surface area (Å²) in [6.07, 6.45) is 6.14. The topological polar surface area (TPSA) is 59.1 Å². The molecule has 3 rings (SSSR count). The molecule has 33 heavy (non-hydrogen) atoms. The van der Waals surface area contributed by atoms with Crippen molar-refractivity contribution in [1.29, 1.82) is 0 Å². The molecule has 0 aliphatic heterocycles. The number of carbonyl (C=O) groups excluding carboxylic acids is 2. The Kier molecular flexibility index (Phi) is 9.18. The van der Waals surface area contributed by atoms with Crippen molar-refractivity contribution in [2.45, 2.75) is 65.0 Å². The van der Waals surface area contributed by atoms with Crippen molar-refractivity contribution >= 4 is 23.2 Å². The Morgan fingerprint density at radius 3 is 2.36 bits per heavy atom. The number of benzene rings is 1. The lowest BCUT2D eigenvalue weighted by Gasteiger charge is -2.35. The molecule has 0 N–H and O–H groups in total. The van der Waals surface area contributed by atoms with E-state index in [1.54, 1.807) is 37.4 Å². The number of methoxy groups -OCH3 is 2. The first-order valence-corrected chi connectivity index (χ1v) is 12.5. The Morgan fingerprint density at radius 1 is 1.03 bits per heavy atom. The third-order valence-corrected chi connectivity index (χ3v) is 7.32. The minimum atomic E-state index is -0.0120. The lowest BCUT2D eigenvalue weighted by molar-refractivity contribution is -0.142. The van der Waals surface area contributed by atoms with Gasteiger partial charge in [0.25, 0.3) is 0 Å². The number of nitrogens with zero attached hydrogens (tertiary/aromatic N) is 2. The molecule has 0 unspecified atom stereocenters. The highest BCUT2D eigenvalue weighted by atomic mass is 32.1. The number of thiophene rings is 1. The predicted molar refractivity (Wildman–Crippen MR) is 132 cm³/mol. The van der Waals surface area contributed by atoms with Crippen LogP contribution in [0.25, 0.3) is 0 Å². The summed E-state index contributed by atoms with van der Waals surface area (Å²) in [6.45, 7) is 4.93. The largest absolute Gasteiger partial charge is 0.493 e. The van der Waals surface area contributed by atoms with Gasteiger partial charge in [0.15, 0.2) is 11.5 Å². The summed E-state index contributed by atoms with van der Waals surface area (Å²) < 4.78 is 10.8. The Morgan fingerprint density at radius 2 is 1.76 bits per heavy atom. The summed E-state index contributed by atoms with van der Waals surface area (Å²) in [6, 6.07) is 10.2. The van der Waals surface area contributed by atoms with Crippen LogP contribution in [0, 0.1) is 6.92 Å². The summed E-state index contributed by atoms with van der Waals surface area (Å²) in [5, 5.41) is 0. The van der Waals surface area contributed by atoms with Crippen molar-refractivity contribution in [3.63, 3.8) is 0 Å². The second-order valence-corrected chi connectivity index (χ2v) is 10.1. The van der Waals surface area contributed by atoms with Gasteiger partial charge in [0.2, 0.25) is 11.8 Å². The first-order chi connectivity index (χ1) is 15.9. The molecule has 1 fully saturated rings. The van der Waals surface area contributed by atoms with E-state index < -0.39 is 0 Å². The average Bonchev–Trinajstić information content (AvgIpc) is 3.24. The molecular weight excluding hydrogens is 436 g/mol. The fourth-order valence-corrected chi connectivity index (χ4v) is 5.39. The van der Waals surface area contributed by atoms with Crippen LogP contribution in [0.15, 0.2) is 30.3 Å². The number of hydrogen-bond acceptors (Lipinski definition) is 5. The number of carbonyl (C=O) groups is 2. The van der Waals surface area contributed by atoms with E-state index in [2.05, 4.69) is 19.1 Å². The van der Waals surface area contributed by atoms with Gasteiger partial charge in [-0.3, -0.25) is 9.59 Å². The Bertz CT molecular complexity index is 936. The summed E-state index contributed by atoms with van der Waals surface area (Å²) >= 11 is 1.71. The zero-order chi connectivity index (χ0) is 23.8. The van der Waals surface area contributed by atoms with Gasteiger partial charge in [-0.2, -0.15) is 0 Å². The van der Waals surface area contributed by atoms with E-state index >= 15 is 0 Å². The van der Waals surface area contributed by atoms with Crippen molar-refractivity contribution < 1.29 is 19.1 Å². The van der Waals surface area contributed by atoms with Crippen LogP contribution < -0.4 is 9.47 Å². The van der Waals surface area contributed by atoms with Crippen molar-refractivity contribution in [1.82, 2.24) is 9.80 Å². The molecule has 1 aliphatic rings. The van der Waals surface area contributed by atoms with Gasteiger partial charge in [0.05, 0.1) is 20.8 Å². The van der Waals surface area contributed by atoms with Crippen LogP contribution in [-0.2, 0) is 22.6 Å². The maximum Gasteiger partial charge on any atom is 0.242 e. The predicted octanol–water partition coefficient (Wildman–Crippen LogP) is 4.83. The molecule has 2 amide bonds. The highest BCUT2D eigenvalue weighted by Crippen LogP contribution is 2.28. The van der Waals surface area contributed by atoms with Crippen molar-refractivity contribution in [2.75, 3.05) is 27.3 Å². The van der Waals surface area contributed by atoms with Gasteiger partial charge in [-0.15, -0.1) is 11.3 Å². The van der Waals surface area contributed by atoms with Crippen LogP contribution in [0.2, 0.25) is 0 Å². The van der Waals surface area contributed by atoms with Crippen LogP contribution in [0.1, 0.15) is 54.3 Å². The van der Waals surface area contributed by atoms with Gasteiger partial charge in [-0.1, -0.05) is 25.3 Å². The normalized spacial score (nSPS) is 14.1. The Hall–Kier alpha value is -2.54. The number of hydrogen-bond donors (Lipinski definition) is 0. The molecule has 1 aromatic carbocycles. The standard InChI is InChI=1S/C26H36N2O4S/c1-19-10-12-23(33-19)17-27(15-14-21-11-13-24(31-3)25(16-21)32-4)26(30)18-28(20(2)29)22-8-6-5-7-9-22/h10-13,16,22H,5-9,14-15,17-18H2,1-4H3. The van der Waals surface area contributed by atoms with E-state index in [9.17, 15) is 9.59 Å². The van der Waals surface area contributed by atoms with E-state index in [1.807, 2.05) is 23.1 Å². The summed E-state index contributed by atoms with van der Waals surface area (Å²) in [4.78, 5) is 31.9. The molecule has 0 bridgehead atoms. The Balaban J connectivity index is 1.73. The smallest absolute Gasteiger partial charge is 0.242 e. The molecule has 0 atom stereocenters. The highest BCUT2D eigenvalue weighted by Gasteiger charge is 2.27. The van der Waals surface area contributed by atoms with Crippen LogP contribution in [0.3, 0.4) is 0 Å². The second kappa shape index (κ2) is 12.1. The minimum Gasteiger partial charge on any atom is -0.493 e. The SMILES string of the molecule is COc1ccc(CCN(Cc2ccc(C)s2)C(=O)CN(C(C)=O)C2CCCCC2)cc1OC. The fourth-order valence-electron chi connectivity index (χ4n) is 4.49. The molecule has 1 heterocycles. The zero-order valence-electron chi connectivity index (χ0n) is 20.3. The van der Waals surface area contributed by atoms with Crippen LogP contribution in [0.4, 0.5) is 0 Å². The fraction of sp³-hybridized carbons (Fsp3) is 0.538. The lowest BCUT2D eigenvalue weighted by atomic mass is 9.94. The van der Waals surface area contributed by atoms with Gasteiger partial charge in [-0.25, -0.2) is 0 Å². The molecule has 1 aromatic heterocycles. The number of ether oxygens (including phenoxy) is 2. The maximum atomic E-state index is 13.4. The summed E-state index contributed by atoms with van der Waals surface area (Å²) in [5.74, 6) is 1.36. The molecule has 6 nitrogen and oxygen atoms in total. The average molecular weight is 473 g/mol. The van der Waals surface area contributed by atoms with E-state index in [4.69, 9.17) is 9.47 Å². The van der Waals surface area contributed by atoms with Crippen molar-refractivity contribution in [3.05, 3.63) is 45.6 Å². The van der Waals surface area contributed by atoms with Gasteiger partial charge < -0.3 is 19.3 Å². The van der Waals surface area contributed by atoms with Gasteiger partial charge in [0.1, 0.15) is 6.54 Å². The third-order valence-electron chi connectivity index (χ3n) is 6.34. The van der Waals surface area contributed by atoms with Gasteiger partial charge in [0, 0.05) is 29.3 Å². The van der Waals surface area contributed by atoms with Crippen molar-refractivity contribution in [2.24, 2.45) is 0 Å².